The zero-order chi connectivity index (χ0) is 29.5. The normalized spacial score (nSPS) is 14.9. The molecule has 1 atom stereocenters. The number of aromatic nitrogens is 1. The highest BCUT2D eigenvalue weighted by Gasteiger charge is 2.20. The zero-order valence-electron chi connectivity index (χ0n) is 24.9. The van der Waals surface area contributed by atoms with Crippen molar-refractivity contribution in [1.29, 1.82) is 0 Å². The fourth-order valence-corrected chi connectivity index (χ4v) is 4.91. The van der Waals surface area contributed by atoms with E-state index in [4.69, 9.17) is 9.73 Å². The molecule has 8 nitrogen and oxygen atoms in total. The van der Waals surface area contributed by atoms with Crippen molar-refractivity contribution < 1.29 is 9.53 Å². The van der Waals surface area contributed by atoms with E-state index < -0.39 is 0 Å². The minimum Gasteiger partial charge on any atom is -0.494 e. The number of carbonyl (C=O) groups is 1. The summed E-state index contributed by atoms with van der Waals surface area (Å²) in [7, 11) is 5.85. The van der Waals surface area contributed by atoms with Gasteiger partial charge in [0.05, 0.1) is 24.2 Å². The van der Waals surface area contributed by atoms with E-state index in [0.717, 1.165) is 78.1 Å². The maximum atomic E-state index is 11.9. The van der Waals surface area contributed by atoms with E-state index in [0.29, 0.717) is 5.69 Å². The number of methoxy groups -OCH3 is 1. The smallest absolute Gasteiger partial charge is 0.247 e. The Balaban J connectivity index is 1.73. The first-order chi connectivity index (χ1) is 19.8. The number of rotatable bonds is 10. The Hall–Kier alpha value is -4.30. The lowest BCUT2D eigenvalue weighted by Crippen LogP contribution is -2.44. The molecular formula is C33H42N6O2. The molecule has 4 rings (SSSR count). The van der Waals surface area contributed by atoms with Crippen LogP contribution in [0.3, 0.4) is 0 Å². The number of likely N-dealkylation sites (N-methyl/N-ethyl adjacent to an activating group) is 1. The molecule has 0 spiro atoms. The molecule has 1 aromatic heterocycles. The van der Waals surface area contributed by atoms with Gasteiger partial charge in [-0.25, -0.2) is 4.99 Å². The van der Waals surface area contributed by atoms with Gasteiger partial charge in [-0.05, 0) is 55.4 Å². The Morgan fingerprint density at radius 3 is 2.51 bits per heavy atom. The molecule has 0 aliphatic carbocycles. The number of carbonyl (C=O) groups excluding carboxylic acids is 1. The molecule has 41 heavy (non-hydrogen) atoms. The Morgan fingerprint density at radius 1 is 1.10 bits per heavy atom. The fraction of sp³-hybridized carbons (Fsp3) is 0.333. The van der Waals surface area contributed by atoms with Crippen LogP contribution in [0.15, 0.2) is 72.9 Å². The van der Waals surface area contributed by atoms with E-state index in [1.165, 1.54) is 6.08 Å². The van der Waals surface area contributed by atoms with Crippen molar-refractivity contribution in [3.63, 3.8) is 0 Å². The summed E-state index contributed by atoms with van der Waals surface area (Å²) in [6, 6.07) is 14.1. The second-order valence-electron chi connectivity index (χ2n) is 10.5. The number of anilines is 3. The molecule has 0 radical (unpaired) electrons. The lowest BCUT2D eigenvalue weighted by atomic mass is 10.0. The predicted molar refractivity (Wildman–Crippen MR) is 173 cm³/mol. The van der Waals surface area contributed by atoms with Crippen LogP contribution in [0, 0.1) is 5.92 Å². The standard InChI is InChI=1S/C33H42N6O2/c1-8-23(4)33(35-28-15-14-26(21-30(28)41-7)39-18-16-37(5)17-19-39)36-32-27(22-38(6)29(32)9-2)24-12-11-13-25(20-24)34-31(40)10-3/h9-15,20-23H,2-3,8,16-19H2,1,4-7H3,(H,34,40)(H,35,36). The van der Waals surface area contributed by atoms with Gasteiger partial charge in [-0.2, -0.15) is 0 Å². The first-order valence-electron chi connectivity index (χ1n) is 14.1. The number of nitrogens with one attached hydrogen (secondary N) is 2. The lowest BCUT2D eigenvalue weighted by molar-refractivity contribution is -0.111. The molecule has 8 heteroatoms. The van der Waals surface area contributed by atoms with Gasteiger partial charge in [-0.1, -0.05) is 39.1 Å². The molecule has 1 fully saturated rings. The Morgan fingerprint density at radius 2 is 1.85 bits per heavy atom. The third-order valence-electron chi connectivity index (χ3n) is 7.65. The van der Waals surface area contributed by atoms with Crippen LogP contribution < -0.4 is 20.3 Å². The minimum atomic E-state index is -0.254. The van der Waals surface area contributed by atoms with Gasteiger partial charge in [-0.3, -0.25) is 4.79 Å². The molecule has 216 valence electrons. The summed E-state index contributed by atoms with van der Waals surface area (Å²) in [5.74, 6) is 1.52. The summed E-state index contributed by atoms with van der Waals surface area (Å²) < 4.78 is 7.87. The monoisotopic (exact) mass is 554 g/mol. The Bertz CT molecular complexity index is 1430. The van der Waals surface area contributed by atoms with Crippen molar-refractivity contribution in [2.24, 2.45) is 18.0 Å². The summed E-state index contributed by atoms with van der Waals surface area (Å²) in [6.07, 6.45) is 6.04. The van der Waals surface area contributed by atoms with Crippen molar-refractivity contribution in [2.45, 2.75) is 20.3 Å². The van der Waals surface area contributed by atoms with Crippen molar-refractivity contribution in [3.8, 4) is 16.9 Å². The quantitative estimate of drug-likeness (QED) is 0.172. The maximum absolute atomic E-state index is 11.9. The van der Waals surface area contributed by atoms with Gasteiger partial charge in [-0.15, -0.1) is 0 Å². The van der Waals surface area contributed by atoms with Crippen molar-refractivity contribution in [1.82, 2.24) is 9.47 Å². The molecule has 3 aromatic rings. The second kappa shape index (κ2) is 13.4. The molecule has 2 heterocycles. The molecule has 2 aromatic carbocycles. The summed E-state index contributed by atoms with van der Waals surface area (Å²) in [5.41, 5.74) is 6.31. The van der Waals surface area contributed by atoms with E-state index in [9.17, 15) is 4.79 Å². The van der Waals surface area contributed by atoms with Crippen LogP contribution in [0.4, 0.5) is 22.7 Å². The summed E-state index contributed by atoms with van der Waals surface area (Å²) in [5, 5.41) is 6.45. The Labute approximate surface area is 244 Å². The van der Waals surface area contributed by atoms with Crippen LogP contribution in [-0.4, -0.2) is 61.5 Å². The van der Waals surface area contributed by atoms with E-state index in [-0.39, 0.29) is 11.8 Å². The average Bonchev–Trinajstić information content (AvgIpc) is 3.31. The number of aryl methyl sites for hydroxylation is 1. The van der Waals surface area contributed by atoms with Crippen molar-refractivity contribution >= 4 is 40.6 Å². The molecule has 0 saturated carbocycles. The number of piperazine rings is 1. The summed E-state index contributed by atoms with van der Waals surface area (Å²) >= 11 is 0. The van der Waals surface area contributed by atoms with Gasteiger partial charge < -0.3 is 29.7 Å². The van der Waals surface area contributed by atoms with Crippen LogP contribution in [0.25, 0.3) is 17.2 Å². The molecule has 1 unspecified atom stereocenters. The SMILES string of the molecule is C=CC(=O)Nc1cccc(-c2cn(C)c(C=C)c2N=C(Nc2ccc(N3CCN(C)CC3)cc2OC)C(C)CC)c1. The van der Waals surface area contributed by atoms with Gasteiger partial charge >= 0.3 is 0 Å². The molecule has 1 saturated heterocycles. The van der Waals surface area contributed by atoms with E-state index in [2.05, 4.69) is 72.7 Å². The minimum absolute atomic E-state index is 0.154. The van der Waals surface area contributed by atoms with E-state index in [1.54, 1.807) is 7.11 Å². The number of hydrogen-bond acceptors (Lipinski definition) is 5. The number of nitrogens with zero attached hydrogens (tertiary/aromatic N) is 4. The third-order valence-corrected chi connectivity index (χ3v) is 7.65. The van der Waals surface area contributed by atoms with Crippen LogP contribution >= 0.6 is 0 Å². The number of hydrogen-bond donors (Lipinski definition) is 2. The highest BCUT2D eigenvalue weighted by atomic mass is 16.5. The lowest BCUT2D eigenvalue weighted by Gasteiger charge is -2.34. The first-order valence-corrected chi connectivity index (χ1v) is 14.1. The topological polar surface area (TPSA) is 74.1 Å². The van der Waals surface area contributed by atoms with E-state index >= 15 is 0 Å². The van der Waals surface area contributed by atoms with Crippen molar-refractivity contribution in [2.75, 3.05) is 55.9 Å². The number of ether oxygens (including phenoxy) is 1. The Kier molecular flexibility index (Phi) is 9.68. The van der Waals surface area contributed by atoms with Gasteiger partial charge in [0.15, 0.2) is 0 Å². The molecule has 1 aliphatic rings. The van der Waals surface area contributed by atoms with Gasteiger partial charge in [0.1, 0.15) is 11.6 Å². The number of aliphatic imine (C=N–C) groups is 1. The van der Waals surface area contributed by atoms with Crippen LogP contribution in [0.2, 0.25) is 0 Å². The largest absolute Gasteiger partial charge is 0.494 e. The fourth-order valence-electron chi connectivity index (χ4n) is 4.91. The summed E-state index contributed by atoms with van der Waals surface area (Å²) in [4.78, 5) is 21.9. The zero-order valence-corrected chi connectivity index (χ0v) is 24.9. The van der Waals surface area contributed by atoms with Gasteiger partial charge in [0, 0.05) is 68.3 Å². The predicted octanol–water partition coefficient (Wildman–Crippen LogP) is 6.41. The van der Waals surface area contributed by atoms with Crippen LogP contribution in [0.5, 0.6) is 5.75 Å². The maximum Gasteiger partial charge on any atom is 0.247 e. The second-order valence-corrected chi connectivity index (χ2v) is 10.5. The van der Waals surface area contributed by atoms with Crippen LogP contribution in [0.1, 0.15) is 26.0 Å². The molecule has 2 N–H and O–H groups in total. The third kappa shape index (κ3) is 6.89. The summed E-state index contributed by atoms with van der Waals surface area (Å²) in [6.45, 7) is 16.0. The number of benzene rings is 2. The van der Waals surface area contributed by atoms with Crippen LogP contribution in [-0.2, 0) is 11.8 Å². The van der Waals surface area contributed by atoms with Gasteiger partial charge in [0.25, 0.3) is 0 Å². The van der Waals surface area contributed by atoms with Gasteiger partial charge in [0.2, 0.25) is 5.91 Å². The first kappa shape index (κ1) is 29.7. The molecule has 0 bridgehead atoms. The number of amides is 1. The average molecular weight is 555 g/mol. The molecule has 1 amide bonds. The van der Waals surface area contributed by atoms with Crippen molar-refractivity contribution in [3.05, 3.63) is 73.6 Å². The van der Waals surface area contributed by atoms with E-state index in [1.807, 2.05) is 48.2 Å². The molecule has 1 aliphatic heterocycles. The highest BCUT2D eigenvalue weighted by molar-refractivity contribution is 6.02. The molecular weight excluding hydrogens is 512 g/mol. The number of amidine groups is 1. The highest BCUT2D eigenvalue weighted by Crippen LogP contribution is 2.38.